The first kappa shape index (κ1) is 14.2. The van der Waals surface area contributed by atoms with Crippen LogP contribution in [-0.4, -0.2) is 28.5 Å². The Labute approximate surface area is 127 Å². The minimum absolute atomic E-state index is 0.148. The minimum atomic E-state index is -0.365. The number of hydrogen-bond donors (Lipinski definition) is 0. The molecule has 3 heterocycles. The average molecular weight is 308 g/mol. The van der Waals surface area contributed by atoms with Crippen LogP contribution >= 0.6 is 11.6 Å². The molecule has 2 unspecified atom stereocenters. The summed E-state index contributed by atoms with van der Waals surface area (Å²) in [5.74, 6) is 0.145. The molecule has 1 aliphatic heterocycles. The van der Waals surface area contributed by atoms with Crippen LogP contribution in [0.15, 0.2) is 30.5 Å². The van der Waals surface area contributed by atoms with E-state index in [1.54, 1.807) is 12.1 Å². The van der Waals surface area contributed by atoms with E-state index >= 15 is 0 Å². The second kappa shape index (κ2) is 5.58. The van der Waals surface area contributed by atoms with Gasteiger partial charge in [0, 0.05) is 18.2 Å². The Morgan fingerprint density at radius 1 is 1.33 bits per heavy atom. The van der Waals surface area contributed by atoms with Gasteiger partial charge in [-0.15, -0.1) is 0 Å². The smallest absolute Gasteiger partial charge is 0.220 e. The zero-order valence-corrected chi connectivity index (χ0v) is 12.5. The number of halogens is 2. The highest BCUT2D eigenvalue weighted by molar-refractivity contribution is 6.29. The maximum absolute atomic E-state index is 13.0. The molecule has 2 aromatic rings. The first-order valence-corrected chi connectivity index (χ1v) is 7.07. The second-order valence-corrected chi connectivity index (χ2v) is 5.54. The summed E-state index contributed by atoms with van der Waals surface area (Å²) in [7, 11) is 2.01. The summed E-state index contributed by atoms with van der Waals surface area (Å²) in [6, 6.07) is 6.84. The molecular formula is C15H15ClFN3O. The van der Waals surface area contributed by atoms with E-state index in [9.17, 15) is 4.39 Å². The highest BCUT2D eigenvalue weighted by Crippen LogP contribution is 2.35. The van der Waals surface area contributed by atoms with E-state index in [1.807, 2.05) is 13.1 Å². The molecule has 4 nitrogen and oxygen atoms in total. The van der Waals surface area contributed by atoms with Gasteiger partial charge in [-0.1, -0.05) is 11.6 Å². The maximum atomic E-state index is 13.0. The molecule has 6 heteroatoms. The van der Waals surface area contributed by atoms with Crippen LogP contribution in [0.2, 0.25) is 5.15 Å². The van der Waals surface area contributed by atoms with Crippen molar-refractivity contribution in [3.8, 4) is 5.88 Å². The van der Waals surface area contributed by atoms with Crippen molar-refractivity contribution in [1.29, 1.82) is 0 Å². The van der Waals surface area contributed by atoms with E-state index < -0.39 is 0 Å². The fraction of sp³-hybridized carbons (Fsp3) is 0.333. The van der Waals surface area contributed by atoms with Crippen LogP contribution in [0.5, 0.6) is 5.88 Å². The third-order valence-electron chi connectivity index (χ3n) is 3.75. The van der Waals surface area contributed by atoms with Gasteiger partial charge in [-0.3, -0.25) is 9.88 Å². The Morgan fingerprint density at radius 3 is 2.86 bits per heavy atom. The van der Waals surface area contributed by atoms with Crippen molar-refractivity contribution in [2.45, 2.75) is 19.1 Å². The highest BCUT2D eigenvalue weighted by Gasteiger charge is 2.28. The van der Waals surface area contributed by atoms with E-state index in [1.165, 1.54) is 12.3 Å². The molecule has 110 valence electrons. The van der Waals surface area contributed by atoms with Gasteiger partial charge < -0.3 is 4.74 Å². The molecule has 3 rings (SSSR count). The van der Waals surface area contributed by atoms with Crippen LogP contribution in [0.3, 0.4) is 0 Å². The van der Waals surface area contributed by atoms with Crippen molar-refractivity contribution in [3.05, 3.63) is 52.7 Å². The zero-order chi connectivity index (χ0) is 15.0. The quantitative estimate of drug-likeness (QED) is 0.757. The van der Waals surface area contributed by atoms with Crippen molar-refractivity contribution >= 4 is 11.6 Å². The third kappa shape index (κ3) is 2.84. The van der Waals surface area contributed by atoms with E-state index in [-0.39, 0.29) is 18.0 Å². The lowest BCUT2D eigenvalue weighted by Crippen LogP contribution is -2.27. The topological polar surface area (TPSA) is 38.3 Å². The first-order valence-electron chi connectivity index (χ1n) is 6.69. The molecule has 0 spiro atoms. The summed E-state index contributed by atoms with van der Waals surface area (Å²) >= 11 is 5.96. The third-order valence-corrected chi connectivity index (χ3v) is 3.97. The SMILES string of the molecule is CC1c2ccc(Cl)nc2OC(c2ccc(F)cn2)CN1C. The number of pyridine rings is 2. The highest BCUT2D eigenvalue weighted by atomic mass is 35.5. The predicted molar refractivity (Wildman–Crippen MR) is 77.9 cm³/mol. The van der Waals surface area contributed by atoms with E-state index in [0.29, 0.717) is 23.3 Å². The van der Waals surface area contributed by atoms with Gasteiger partial charge in [-0.25, -0.2) is 9.37 Å². The van der Waals surface area contributed by atoms with Gasteiger partial charge in [-0.05, 0) is 38.2 Å². The van der Waals surface area contributed by atoms with Gasteiger partial charge in [-0.2, -0.15) is 0 Å². The van der Waals surface area contributed by atoms with Crippen molar-refractivity contribution in [2.75, 3.05) is 13.6 Å². The van der Waals surface area contributed by atoms with Crippen LogP contribution in [0.1, 0.15) is 30.3 Å². The summed E-state index contributed by atoms with van der Waals surface area (Å²) in [5.41, 5.74) is 1.65. The number of ether oxygens (including phenoxy) is 1. The van der Waals surface area contributed by atoms with Crippen molar-refractivity contribution in [1.82, 2.24) is 14.9 Å². The number of hydrogen-bond acceptors (Lipinski definition) is 4. The summed E-state index contributed by atoms with van der Waals surface area (Å²) in [5, 5.41) is 0.385. The van der Waals surface area contributed by atoms with Gasteiger partial charge in [0.1, 0.15) is 11.0 Å². The molecule has 0 amide bonds. The standard InChI is InChI=1S/C15H15ClFN3O/c1-9-11-4-6-14(16)19-15(11)21-13(8-20(9)2)12-5-3-10(17)7-18-12/h3-7,9,13H,8H2,1-2H3. The first-order chi connectivity index (χ1) is 10.0. The van der Waals surface area contributed by atoms with Crippen LogP contribution in [0.4, 0.5) is 4.39 Å². The number of likely N-dealkylation sites (N-methyl/N-ethyl adjacent to an activating group) is 1. The van der Waals surface area contributed by atoms with Gasteiger partial charge in [0.25, 0.3) is 0 Å². The number of nitrogens with zero attached hydrogens (tertiary/aromatic N) is 3. The molecule has 0 N–H and O–H groups in total. The van der Waals surface area contributed by atoms with E-state index in [2.05, 4.69) is 21.8 Å². The molecule has 0 saturated heterocycles. The maximum Gasteiger partial charge on any atom is 0.220 e. The Balaban J connectivity index is 2.00. The fourth-order valence-corrected chi connectivity index (χ4v) is 2.54. The van der Waals surface area contributed by atoms with Crippen LogP contribution < -0.4 is 4.74 Å². The molecule has 0 bridgehead atoms. The zero-order valence-electron chi connectivity index (χ0n) is 11.8. The number of rotatable bonds is 1. The largest absolute Gasteiger partial charge is 0.466 e. The summed E-state index contributed by atoms with van der Waals surface area (Å²) in [6.45, 7) is 2.71. The Bertz CT molecular complexity index is 650. The summed E-state index contributed by atoms with van der Waals surface area (Å²) in [6.07, 6.45) is 0.879. The molecular weight excluding hydrogens is 293 g/mol. The fourth-order valence-electron chi connectivity index (χ4n) is 2.40. The predicted octanol–water partition coefficient (Wildman–Crippen LogP) is 3.40. The normalized spacial score (nSPS) is 22.3. The Kier molecular flexibility index (Phi) is 3.78. The monoisotopic (exact) mass is 307 g/mol. The molecule has 1 aliphatic rings. The molecule has 0 aliphatic carbocycles. The van der Waals surface area contributed by atoms with E-state index in [0.717, 1.165) is 5.56 Å². The van der Waals surface area contributed by atoms with Crippen LogP contribution in [0.25, 0.3) is 0 Å². The van der Waals surface area contributed by atoms with E-state index in [4.69, 9.17) is 16.3 Å². The molecule has 2 atom stereocenters. The molecule has 0 saturated carbocycles. The van der Waals surface area contributed by atoms with Gasteiger partial charge in [0.2, 0.25) is 5.88 Å². The van der Waals surface area contributed by atoms with Crippen molar-refractivity contribution in [3.63, 3.8) is 0 Å². The molecule has 0 radical (unpaired) electrons. The summed E-state index contributed by atoms with van der Waals surface area (Å²) < 4.78 is 19.0. The lowest BCUT2D eigenvalue weighted by atomic mass is 10.1. The number of fused-ring (bicyclic) bond motifs is 1. The average Bonchev–Trinajstić information content (AvgIpc) is 2.57. The van der Waals surface area contributed by atoms with Crippen LogP contribution in [0, 0.1) is 5.82 Å². The number of aromatic nitrogens is 2. The molecule has 21 heavy (non-hydrogen) atoms. The van der Waals surface area contributed by atoms with Crippen molar-refractivity contribution in [2.24, 2.45) is 0 Å². The second-order valence-electron chi connectivity index (χ2n) is 5.15. The Hall–Kier alpha value is -1.72. The molecule has 0 fully saturated rings. The summed E-state index contributed by atoms with van der Waals surface area (Å²) in [4.78, 5) is 10.5. The minimum Gasteiger partial charge on any atom is -0.466 e. The molecule has 2 aromatic heterocycles. The lowest BCUT2D eigenvalue weighted by molar-refractivity contribution is 0.144. The van der Waals surface area contributed by atoms with Gasteiger partial charge in [0.05, 0.1) is 11.9 Å². The van der Waals surface area contributed by atoms with Gasteiger partial charge in [0.15, 0.2) is 6.10 Å². The van der Waals surface area contributed by atoms with Crippen molar-refractivity contribution < 1.29 is 9.13 Å². The Morgan fingerprint density at radius 2 is 2.14 bits per heavy atom. The lowest BCUT2D eigenvalue weighted by Gasteiger charge is -2.23. The molecule has 0 aromatic carbocycles. The van der Waals surface area contributed by atoms with Crippen LogP contribution in [-0.2, 0) is 0 Å². The van der Waals surface area contributed by atoms with Gasteiger partial charge >= 0.3 is 0 Å².